The van der Waals surface area contributed by atoms with Gasteiger partial charge in [-0.3, -0.25) is 14.6 Å². The third-order valence-electron chi connectivity index (χ3n) is 5.66. The molecule has 1 aliphatic heterocycles. The third-order valence-corrected chi connectivity index (χ3v) is 5.66. The van der Waals surface area contributed by atoms with Gasteiger partial charge in [0.25, 0.3) is 11.7 Å². The molecule has 0 aliphatic carbocycles. The number of carbonyl (C=O) groups excluding carboxylic acids is 2. The van der Waals surface area contributed by atoms with Crippen LogP contribution in [0.3, 0.4) is 0 Å². The van der Waals surface area contributed by atoms with E-state index < -0.39 is 17.7 Å². The topological polar surface area (TPSA) is 78.7 Å². The first-order chi connectivity index (χ1) is 14.9. The standard InChI is InChI=1S/C24H26N4O3/c1-26(2)13-8-14-28-21(18-10-6-7-12-25-18)20(23(30)24(28)31)22(29)17-15-27(3)19-11-5-4-9-16(17)19/h4-7,9-12,15,21,29H,8,13-14H2,1-3H3/t21-/m1/s1. The van der Waals surface area contributed by atoms with Crippen molar-refractivity contribution in [3.05, 3.63) is 71.7 Å². The van der Waals surface area contributed by atoms with Crippen molar-refractivity contribution in [2.24, 2.45) is 7.05 Å². The van der Waals surface area contributed by atoms with E-state index in [9.17, 15) is 14.7 Å². The number of para-hydroxylation sites is 1. The number of aromatic nitrogens is 2. The van der Waals surface area contributed by atoms with Crippen molar-refractivity contribution in [2.45, 2.75) is 12.5 Å². The number of Topliss-reactive ketones (excluding diaryl/α,β-unsaturated/α-hetero) is 1. The number of pyridine rings is 1. The van der Waals surface area contributed by atoms with Gasteiger partial charge in [0.15, 0.2) is 0 Å². The molecule has 1 aromatic carbocycles. The normalized spacial score (nSPS) is 18.5. The van der Waals surface area contributed by atoms with Gasteiger partial charge in [0.05, 0.1) is 11.3 Å². The summed E-state index contributed by atoms with van der Waals surface area (Å²) in [6.45, 7) is 1.18. The number of fused-ring (bicyclic) bond motifs is 1. The smallest absolute Gasteiger partial charge is 0.295 e. The number of hydrogen-bond donors (Lipinski definition) is 1. The lowest BCUT2D eigenvalue weighted by Gasteiger charge is -2.25. The molecule has 1 atom stereocenters. The maximum absolute atomic E-state index is 13.1. The van der Waals surface area contributed by atoms with Crippen LogP contribution >= 0.6 is 0 Å². The van der Waals surface area contributed by atoms with Crippen LogP contribution in [0.4, 0.5) is 0 Å². The molecule has 0 spiro atoms. The van der Waals surface area contributed by atoms with Crippen molar-refractivity contribution < 1.29 is 14.7 Å². The lowest BCUT2D eigenvalue weighted by molar-refractivity contribution is -0.140. The number of aliphatic hydroxyl groups excluding tert-OH is 1. The SMILES string of the molecule is CN(C)CCCN1C(=O)C(=O)C(=C(O)c2cn(C)c3ccccc23)[C@H]1c1ccccn1. The number of aryl methyl sites for hydroxylation is 1. The summed E-state index contributed by atoms with van der Waals surface area (Å²) in [5.74, 6) is -1.44. The molecule has 0 bridgehead atoms. The Bertz CT molecular complexity index is 1160. The highest BCUT2D eigenvalue weighted by molar-refractivity contribution is 6.46. The Kier molecular flexibility index (Phi) is 5.61. The van der Waals surface area contributed by atoms with Crippen LogP contribution in [0, 0.1) is 0 Å². The molecule has 1 amide bonds. The molecule has 2 aromatic heterocycles. The van der Waals surface area contributed by atoms with Crippen LogP contribution in [0.5, 0.6) is 0 Å². The second kappa shape index (κ2) is 8.35. The highest BCUT2D eigenvalue weighted by Gasteiger charge is 2.46. The Morgan fingerprint density at radius 2 is 1.87 bits per heavy atom. The summed E-state index contributed by atoms with van der Waals surface area (Å²) < 4.78 is 1.90. The Balaban J connectivity index is 1.85. The molecule has 4 rings (SSSR count). The number of amides is 1. The van der Waals surface area contributed by atoms with Crippen LogP contribution < -0.4 is 0 Å². The van der Waals surface area contributed by atoms with Gasteiger partial charge in [0.1, 0.15) is 11.8 Å². The van der Waals surface area contributed by atoms with Gasteiger partial charge in [-0.2, -0.15) is 0 Å². The average Bonchev–Trinajstić information content (AvgIpc) is 3.23. The second-order valence-corrected chi connectivity index (χ2v) is 8.07. The van der Waals surface area contributed by atoms with Crippen molar-refractivity contribution >= 4 is 28.4 Å². The minimum Gasteiger partial charge on any atom is -0.507 e. The molecule has 160 valence electrons. The first-order valence-corrected chi connectivity index (χ1v) is 10.3. The fraction of sp³-hybridized carbons (Fsp3) is 0.292. The summed E-state index contributed by atoms with van der Waals surface area (Å²) in [6, 6.07) is 12.3. The molecule has 7 heteroatoms. The number of nitrogens with zero attached hydrogens (tertiary/aromatic N) is 4. The first kappa shape index (κ1) is 20.8. The van der Waals surface area contributed by atoms with Crippen molar-refractivity contribution in [1.82, 2.24) is 19.4 Å². The van der Waals surface area contributed by atoms with E-state index in [2.05, 4.69) is 4.98 Å². The molecule has 31 heavy (non-hydrogen) atoms. The Morgan fingerprint density at radius 3 is 2.58 bits per heavy atom. The number of hydrogen-bond acceptors (Lipinski definition) is 5. The van der Waals surface area contributed by atoms with Gasteiger partial charge < -0.3 is 19.5 Å². The molecule has 0 unspecified atom stereocenters. The largest absolute Gasteiger partial charge is 0.507 e. The number of benzene rings is 1. The summed E-state index contributed by atoms with van der Waals surface area (Å²) >= 11 is 0. The number of rotatable bonds is 6. The minimum absolute atomic E-state index is 0.0879. The van der Waals surface area contributed by atoms with Gasteiger partial charge >= 0.3 is 0 Å². The Hall–Kier alpha value is -3.45. The van der Waals surface area contributed by atoms with E-state index in [0.29, 0.717) is 24.2 Å². The van der Waals surface area contributed by atoms with Crippen LogP contribution in [0.25, 0.3) is 16.7 Å². The van der Waals surface area contributed by atoms with E-state index in [1.165, 1.54) is 4.90 Å². The number of likely N-dealkylation sites (tertiary alicyclic amines) is 1. The molecule has 3 aromatic rings. The summed E-state index contributed by atoms with van der Waals surface area (Å²) in [6.07, 6.45) is 4.12. The first-order valence-electron chi connectivity index (χ1n) is 10.3. The van der Waals surface area contributed by atoms with Crippen LogP contribution in [0.1, 0.15) is 23.7 Å². The van der Waals surface area contributed by atoms with Gasteiger partial charge in [-0.1, -0.05) is 24.3 Å². The zero-order valence-corrected chi connectivity index (χ0v) is 17.9. The molecular weight excluding hydrogens is 392 g/mol. The van der Waals surface area contributed by atoms with E-state index in [4.69, 9.17) is 0 Å². The zero-order chi connectivity index (χ0) is 22.1. The van der Waals surface area contributed by atoms with Crippen LogP contribution in [0.15, 0.2) is 60.4 Å². The number of ketones is 1. The molecule has 7 nitrogen and oxygen atoms in total. The Morgan fingerprint density at radius 1 is 1.13 bits per heavy atom. The van der Waals surface area contributed by atoms with Crippen LogP contribution in [0.2, 0.25) is 0 Å². The highest BCUT2D eigenvalue weighted by atomic mass is 16.3. The monoisotopic (exact) mass is 418 g/mol. The maximum atomic E-state index is 13.1. The quantitative estimate of drug-likeness (QED) is 0.378. The van der Waals surface area contributed by atoms with Crippen LogP contribution in [-0.2, 0) is 16.6 Å². The van der Waals surface area contributed by atoms with Gasteiger partial charge in [0.2, 0.25) is 0 Å². The van der Waals surface area contributed by atoms with Gasteiger partial charge in [-0.15, -0.1) is 0 Å². The molecule has 1 saturated heterocycles. The van der Waals surface area contributed by atoms with Crippen molar-refractivity contribution in [1.29, 1.82) is 0 Å². The van der Waals surface area contributed by atoms with Gasteiger partial charge in [0, 0.05) is 42.5 Å². The highest BCUT2D eigenvalue weighted by Crippen LogP contribution is 2.40. The van der Waals surface area contributed by atoms with E-state index in [0.717, 1.165) is 17.4 Å². The summed E-state index contributed by atoms with van der Waals surface area (Å²) in [5.41, 5.74) is 2.11. The fourth-order valence-corrected chi connectivity index (χ4v) is 4.19. The van der Waals surface area contributed by atoms with E-state index >= 15 is 0 Å². The minimum atomic E-state index is -0.720. The molecule has 0 saturated carbocycles. The zero-order valence-electron chi connectivity index (χ0n) is 17.9. The van der Waals surface area contributed by atoms with Crippen molar-refractivity contribution in [3.63, 3.8) is 0 Å². The third kappa shape index (κ3) is 3.72. The average molecular weight is 418 g/mol. The molecule has 0 radical (unpaired) electrons. The second-order valence-electron chi connectivity index (χ2n) is 8.07. The summed E-state index contributed by atoms with van der Waals surface area (Å²) in [7, 11) is 5.81. The molecular formula is C24H26N4O3. The van der Waals surface area contributed by atoms with Crippen molar-refractivity contribution in [3.8, 4) is 0 Å². The summed E-state index contributed by atoms with van der Waals surface area (Å²) in [5, 5.41) is 12.1. The predicted octanol–water partition coefficient (Wildman–Crippen LogP) is 2.95. The molecule has 1 aliphatic rings. The molecule has 1 fully saturated rings. The maximum Gasteiger partial charge on any atom is 0.295 e. The Labute approximate surface area is 181 Å². The van der Waals surface area contributed by atoms with Crippen molar-refractivity contribution in [2.75, 3.05) is 27.2 Å². The lowest BCUT2D eigenvalue weighted by atomic mass is 9.98. The molecule has 1 N–H and O–H groups in total. The van der Waals surface area contributed by atoms with E-state index in [1.807, 2.05) is 60.9 Å². The van der Waals surface area contributed by atoms with E-state index in [-0.39, 0.29) is 11.3 Å². The number of aliphatic hydroxyl groups is 1. The molecule has 3 heterocycles. The summed E-state index contributed by atoms with van der Waals surface area (Å²) in [4.78, 5) is 34.0. The fourth-order valence-electron chi connectivity index (χ4n) is 4.19. The predicted molar refractivity (Wildman–Crippen MR) is 119 cm³/mol. The van der Waals surface area contributed by atoms with Crippen LogP contribution in [-0.4, -0.2) is 63.3 Å². The lowest BCUT2D eigenvalue weighted by Crippen LogP contribution is -2.32. The van der Waals surface area contributed by atoms with E-state index in [1.54, 1.807) is 24.5 Å². The van der Waals surface area contributed by atoms with Gasteiger partial charge in [-0.05, 0) is 45.3 Å². The number of carbonyl (C=O) groups is 2. The van der Waals surface area contributed by atoms with Gasteiger partial charge in [-0.25, -0.2) is 0 Å².